The summed E-state index contributed by atoms with van der Waals surface area (Å²) in [6.07, 6.45) is 2.44. The molecule has 2 saturated heterocycles. The number of nitrogens with two attached hydrogens (primary N) is 1. The summed E-state index contributed by atoms with van der Waals surface area (Å²) < 4.78 is 35.8. The maximum atomic E-state index is 12.4. The van der Waals surface area contributed by atoms with Crippen molar-refractivity contribution in [1.29, 1.82) is 0 Å². The summed E-state index contributed by atoms with van der Waals surface area (Å²) >= 11 is 1.15. The van der Waals surface area contributed by atoms with Crippen molar-refractivity contribution in [2.45, 2.75) is 29.9 Å². The molecular formula is C11H18N4O3S2. The van der Waals surface area contributed by atoms with Gasteiger partial charge in [0.15, 0.2) is 10.7 Å². The molecule has 3 heterocycles. The highest BCUT2D eigenvalue weighted by Crippen LogP contribution is 2.39. The maximum Gasteiger partial charge on any atom is 0.249 e. The summed E-state index contributed by atoms with van der Waals surface area (Å²) in [5.74, 6) is 0.0811. The quantitative estimate of drug-likeness (QED) is 0.865. The number of aromatic nitrogens is 1. The molecule has 20 heavy (non-hydrogen) atoms. The Kier molecular flexibility index (Phi) is 3.39. The molecule has 9 heteroatoms. The van der Waals surface area contributed by atoms with Gasteiger partial charge in [0.1, 0.15) is 5.00 Å². The second-order valence-electron chi connectivity index (χ2n) is 5.35. The van der Waals surface area contributed by atoms with Gasteiger partial charge < -0.3 is 15.4 Å². The van der Waals surface area contributed by atoms with Crippen LogP contribution in [0.15, 0.2) is 4.90 Å². The van der Waals surface area contributed by atoms with Crippen LogP contribution >= 0.6 is 11.5 Å². The van der Waals surface area contributed by atoms with Gasteiger partial charge in [-0.25, -0.2) is 12.7 Å². The Labute approximate surface area is 122 Å². The molecule has 7 nitrogen and oxygen atoms in total. The fraction of sp³-hybridized carbons (Fsp3) is 0.727. The monoisotopic (exact) mass is 318 g/mol. The lowest BCUT2D eigenvalue weighted by molar-refractivity contribution is 0.0305. The van der Waals surface area contributed by atoms with E-state index in [9.17, 15) is 8.42 Å². The van der Waals surface area contributed by atoms with Crippen molar-refractivity contribution < 1.29 is 13.2 Å². The number of rotatable bonds is 3. The number of ether oxygens (including phenoxy) is 1. The Hall–Kier alpha value is -0.900. The van der Waals surface area contributed by atoms with Crippen LogP contribution < -0.4 is 10.6 Å². The van der Waals surface area contributed by atoms with Gasteiger partial charge >= 0.3 is 0 Å². The molecule has 112 valence electrons. The third kappa shape index (κ3) is 2.18. The minimum Gasteiger partial charge on any atom is -0.382 e. The van der Waals surface area contributed by atoms with Crippen LogP contribution in [0, 0.1) is 0 Å². The Balaban J connectivity index is 1.99. The van der Waals surface area contributed by atoms with Gasteiger partial charge in [-0.3, -0.25) is 0 Å². The molecule has 0 spiro atoms. The zero-order chi connectivity index (χ0) is 14.5. The number of hydrogen-bond donors (Lipinski definition) is 1. The van der Waals surface area contributed by atoms with Gasteiger partial charge in [-0.1, -0.05) is 0 Å². The molecule has 2 atom stereocenters. The normalized spacial score (nSPS) is 26.4. The zero-order valence-corrected chi connectivity index (χ0v) is 13.1. The molecule has 0 amide bonds. The van der Waals surface area contributed by atoms with Crippen molar-refractivity contribution >= 4 is 32.4 Å². The zero-order valence-electron chi connectivity index (χ0n) is 11.4. The smallest absolute Gasteiger partial charge is 0.249 e. The lowest BCUT2D eigenvalue weighted by Crippen LogP contribution is -2.43. The highest BCUT2D eigenvalue weighted by Gasteiger charge is 2.38. The van der Waals surface area contributed by atoms with Gasteiger partial charge in [0, 0.05) is 27.2 Å². The fourth-order valence-electron chi connectivity index (χ4n) is 2.69. The second kappa shape index (κ2) is 4.83. The first-order valence-electron chi connectivity index (χ1n) is 6.47. The Morgan fingerprint density at radius 2 is 1.95 bits per heavy atom. The summed E-state index contributed by atoms with van der Waals surface area (Å²) in [5.41, 5.74) is 5.79. The van der Waals surface area contributed by atoms with Crippen LogP contribution in [0.1, 0.15) is 12.8 Å². The van der Waals surface area contributed by atoms with E-state index in [2.05, 4.69) is 9.27 Å². The number of fused-ring (bicyclic) bond motifs is 2. The number of nitrogen functional groups attached to an aromatic ring is 1. The average molecular weight is 318 g/mol. The predicted molar refractivity (Wildman–Crippen MR) is 77.5 cm³/mol. The first-order valence-corrected chi connectivity index (χ1v) is 8.69. The molecule has 0 aromatic carbocycles. The minimum atomic E-state index is -3.59. The number of sulfonamides is 1. The van der Waals surface area contributed by atoms with Crippen LogP contribution in [0.25, 0.3) is 0 Å². The molecule has 2 N–H and O–H groups in total. The largest absolute Gasteiger partial charge is 0.382 e. The van der Waals surface area contributed by atoms with Crippen LogP contribution in [-0.4, -0.2) is 56.5 Å². The van der Waals surface area contributed by atoms with E-state index in [4.69, 9.17) is 10.5 Å². The first-order chi connectivity index (χ1) is 9.39. The summed E-state index contributed by atoms with van der Waals surface area (Å²) in [6, 6.07) is 0. The molecule has 0 aliphatic carbocycles. The molecule has 3 rings (SSSR count). The third-order valence-corrected chi connectivity index (χ3v) is 6.66. The highest BCUT2D eigenvalue weighted by atomic mass is 32.2. The topological polar surface area (TPSA) is 88.8 Å². The molecule has 1 aromatic rings. The Bertz CT molecular complexity index is 601. The van der Waals surface area contributed by atoms with E-state index in [-0.39, 0.29) is 22.9 Å². The molecule has 2 bridgehead atoms. The van der Waals surface area contributed by atoms with Crippen LogP contribution in [0.3, 0.4) is 0 Å². The molecule has 2 fully saturated rings. The Morgan fingerprint density at radius 1 is 1.35 bits per heavy atom. The fourth-order valence-corrected chi connectivity index (χ4v) is 4.93. The van der Waals surface area contributed by atoms with Gasteiger partial charge in [0.25, 0.3) is 0 Å². The van der Waals surface area contributed by atoms with Crippen LogP contribution in [0.5, 0.6) is 0 Å². The maximum absolute atomic E-state index is 12.4. The highest BCUT2D eigenvalue weighted by molar-refractivity contribution is 7.89. The first kappa shape index (κ1) is 14.1. The molecule has 0 radical (unpaired) electrons. The molecule has 2 aliphatic rings. The van der Waals surface area contributed by atoms with E-state index in [0.29, 0.717) is 18.1 Å². The number of hydrogen-bond acceptors (Lipinski definition) is 7. The van der Waals surface area contributed by atoms with Gasteiger partial charge in [0.2, 0.25) is 10.0 Å². The molecule has 2 unspecified atom stereocenters. The van der Waals surface area contributed by atoms with Crippen molar-refractivity contribution in [3.63, 3.8) is 0 Å². The second-order valence-corrected chi connectivity index (χ2v) is 8.19. The van der Waals surface area contributed by atoms with Crippen molar-refractivity contribution in [2.75, 3.05) is 37.8 Å². The van der Waals surface area contributed by atoms with E-state index in [1.807, 2.05) is 0 Å². The summed E-state index contributed by atoms with van der Waals surface area (Å²) in [6.45, 7) is 1.40. The van der Waals surface area contributed by atoms with Crippen LogP contribution in [0.4, 0.5) is 10.8 Å². The SMILES string of the molecule is CN(C)S(=O)(=O)c1c(N)nsc1N1CC2CCC(C1)O2. The standard InChI is InChI=1S/C11H18N4O3S2/c1-14(2)20(16,17)9-10(12)13-19-11(9)15-5-7-3-4-8(6-15)18-7/h7-8H,3-6H2,1-2H3,(H2,12,13). The van der Waals surface area contributed by atoms with Gasteiger partial charge in [-0.05, 0) is 24.4 Å². The average Bonchev–Trinajstić information content (AvgIpc) is 2.92. The number of anilines is 2. The summed E-state index contributed by atoms with van der Waals surface area (Å²) in [4.78, 5) is 2.18. The number of morpholine rings is 1. The molecule has 2 aliphatic heterocycles. The molecular weight excluding hydrogens is 300 g/mol. The van der Waals surface area contributed by atoms with Gasteiger partial charge in [-0.15, -0.1) is 0 Å². The van der Waals surface area contributed by atoms with Crippen LogP contribution in [-0.2, 0) is 14.8 Å². The number of nitrogens with zero attached hydrogens (tertiary/aromatic N) is 3. The Morgan fingerprint density at radius 3 is 2.50 bits per heavy atom. The van der Waals surface area contributed by atoms with E-state index in [1.54, 1.807) is 0 Å². The van der Waals surface area contributed by atoms with Crippen molar-refractivity contribution in [2.24, 2.45) is 0 Å². The van der Waals surface area contributed by atoms with Crippen molar-refractivity contribution in [1.82, 2.24) is 8.68 Å². The van der Waals surface area contributed by atoms with Crippen LogP contribution in [0.2, 0.25) is 0 Å². The summed E-state index contributed by atoms with van der Waals surface area (Å²) in [5, 5.41) is 0.636. The molecule has 0 saturated carbocycles. The van der Waals surface area contributed by atoms with Gasteiger partial charge in [0.05, 0.1) is 12.2 Å². The van der Waals surface area contributed by atoms with Gasteiger partial charge in [-0.2, -0.15) is 4.37 Å². The van der Waals surface area contributed by atoms with Crippen molar-refractivity contribution in [3.8, 4) is 0 Å². The third-order valence-electron chi connectivity index (χ3n) is 3.73. The van der Waals surface area contributed by atoms with Crippen molar-refractivity contribution in [3.05, 3.63) is 0 Å². The lowest BCUT2D eigenvalue weighted by Gasteiger charge is -2.33. The molecule has 1 aromatic heterocycles. The van der Waals surface area contributed by atoms with E-state index in [0.717, 1.165) is 24.4 Å². The minimum absolute atomic E-state index is 0.0811. The summed E-state index contributed by atoms with van der Waals surface area (Å²) in [7, 11) is -0.587. The lowest BCUT2D eigenvalue weighted by atomic mass is 10.2. The van der Waals surface area contributed by atoms with E-state index in [1.165, 1.54) is 18.4 Å². The predicted octanol–water partition coefficient (Wildman–Crippen LogP) is 0.343. The van der Waals surface area contributed by atoms with E-state index < -0.39 is 10.0 Å². The van der Waals surface area contributed by atoms with E-state index >= 15 is 0 Å².